The molecule has 0 spiro atoms. The third-order valence-corrected chi connectivity index (χ3v) is 4.39. The van der Waals surface area contributed by atoms with Gasteiger partial charge >= 0.3 is 0 Å². The summed E-state index contributed by atoms with van der Waals surface area (Å²) in [5.74, 6) is 1.79. The van der Waals surface area contributed by atoms with Crippen molar-refractivity contribution in [3.8, 4) is 11.5 Å². The van der Waals surface area contributed by atoms with Gasteiger partial charge in [-0.15, -0.1) is 0 Å². The zero-order chi connectivity index (χ0) is 15.3. The lowest BCUT2D eigenvalue weighted by Crippen LogP contribution is -2.27. The summed E-state index contributed by atoms with van der Waals surface area (Å²) < 4.78 is 33.8. The van der Waals surface area contributed by atoms with Gasteiger partial charge in [0.05, 0.1) is 19.0 Å². The highest BCUT2D eigenvalue weighted by Gasteiger charge is 2.15. The Kier molecular flexibility index (Phi) is 5.47. The lowest BCUT2D eigenvalue weighted by Gasteiger charge is -2.16. The summed E-state index contributed by atoms with van der Waals surface area (Å²) in [4.78, 5) is 0. The number of ether oxygens (including phenoxy) is 2. The summed E-state index contributed by atoms with van der Waals surface area (Å²) in [5.41, 5.74) is 1.04. The zero-order valence-electron chi connectivity index (χ0n) is 12.6. The van der Waals surface area contributed by atoms with E-state index in [0.717, 1.165) is 23.5 Å². The van der Waals surface area contributed by atoms with Gasteiger partial charge in [-0.05, 0) is 19.4 Å². The second kappa shape index (κ2) is 7.13. The van der Waals surface area contributed by atoms with Gasteiger partial charge in [-0.25, -0.2) is 8.42 Å². The van der Waals surface area contributed by atoms with E-state index in [0.29, 0.717) is 26.2 Å². The maximum absolute atomic E-state index is 11.2. The second-order valence-corrected chi connectivity index (χ2v) is 7.76. The van der Waals surface area contributed by atoms with Crippen molar-refractivity contribution in [3.05, 3.63) is 23.8 Å². The van der Waals surface area contributed by atoms with E-state index in [4.69, 9.17) is 9.47 Å². The molecule has 21 heavy (non-hydrogen) atoms. The highest BCUT2D eigenvalue weighted by Crippen LogP contribution is 2.33. The largest absolute Gasteiger partial charge is 0.490 e. The normalized spacial score (nSPS) is 16.3. The number of benzene rings is 1. The van der Waals surface area contributed by atoms with Crippen LogP contribution in [0.1, 0.15) is 25.3 Å². The van der Waals surface area contributed by atoms with Crippen LogP contribution < -0.4 is 14.8 Å². The predicted molar refractivity (Wildman–Crippen MR) is 82.7 cm³/mol. The fourth-order valence-corrected chi connectivity index (χ4v) is 2.95. The molecule has 118 valence electrons. The Morgan fingerprint density at radius 3 is 2.81 bits per heavy atom. The summed E-state index contributed by atoms with van der Waals surface area (Å²) in [6.45, 7) is 3.96. The van der Waals surface area contributed by atoms with Crippen molar-refractivity contribution in [2.24, 2.45) is 0 Å². The van der Waals surface area contributed by atoms with E-state index in [1.54, 1.807) is 0 Å². The van der Waals surface area contributed by atoms with Crippen LogP contribution in [0.2, 0.25) is 0 Å². The quantitative estimate of drug-likeness (QED) is 0.867. The molecule has 0 fully saturated rings. The summed E-state index contributed by atoms with van der Waals surface area (Å²) in [7, 11) is -2.91. The molecular weight excluding hydrogens is 290 g/mol. The molecule has 6 heteroatoms. The average Bonchev–Trinajstić information content (AvgIpc) is 2.67. The molecule has 1 N–H and O–H groups in total. The first-order chi connectivity index (χ1) is 9.96. The Hall–Kier alpha value is -1.27. The van der Waals surface area contributed by atoms with E-state index in [1.807, 2.05) is 25.1 Å². The Balaban J connectivity index is 1.94. The van der Waals surface area contributed by atoms with Gasteiger partial charge in [-0.3, -0.25) is 0 Å². The van der Waals surface area contributed by atoms with Crippen LogP contribution in [-0.4, -0.2) is 39.7 Å². The van der Waals surface area contributed by atoms with Gasteiger partial charge in [0.15, 0.2) is 11.5 Å². The average molecular weight is 313 g/mol. The number of sulfone groups is 1. The molecule has 2 rings (SSSR count). The molecule has 1 unspecified atom stereocenters. The molecule has 1 aliphatic heterocycles. The SMILES string of the molecule is CC(CCS(C)(=O)=O)NCc1cccc2c1OCCCO2. The zero-order valence-corrected chi connectivity index (χ0v) is 13.4. The van der Waals surface area contributed by atoms with Crippen molar-refractivity contribution in [1.82, 2.24) is 5.32 Å². The van der Waals surface area contributed by atoms with Gasteiger partial charge in [0.1, 0.15) is 9.84 Å². The van der Waals surface area contributed by atoms with E-state index in [1.165, 1.54) is 6.26 Å². The van der Waals surface area contributed by atoms with E-state index < -0.39 is 9.84 Å². The fraction of sp³-hybridized carbons (Fsp3) is 0.600. The monoisotopic (exact) mass is 313 g/mol. The Morgan fingerprint density at radius 2 is 2.05 bits per heavy atom. The first kappa shape index (κ1) is 16.1. The maximum atomic E-state index is 11.2. The summed E-state index contributed by atoms with van der Waals surface area (Å²) >= 11 is 0. The Bertz CT molecular complexity index is 571. The van der Waals surface area contributed by atoms with Crippen LogP contribution in [0.15, 0.2) is 18.2 Å². The van der Waals surface area contributed by atoms with Gasteiger partial charge < -0.3 is 14.8 Å². The molecule has 0 aliphatic carbocycles. The lowest BCUT2D eigenvalue weighted by atomic mass is 10.1. The predicted octanol–water partition coefficient (Wildman–Crippen LogP) is 1.76. The smallest absolute Gasteiger partial charge is 0.165 e. The Morgan fingerprint density at radius 1 is 1.29 bits per heavy atom. The van der Waals surface area contributed by atoms with Crippen molar-refractivity contribution in [1.29, 1.82) is 0 Å². The van der Waals surface area contributed by atoms with Crippen molar-refractivity contribution in [2.75, 3.05) is 25.2 Å². The summed E-state index contributed by atoms with van der Waals surface area (Å²) in [6, 6.07) is 5.99. The molecular formula is C15H23NO4S. The first-order valence-corrected chi connectivity index (χ1v) is 9.30. The van der Waals surface area contributed by atoms with Crippen molar-refractivity contribution in [3.63, 3.8) is 0 Å². The fourth-order valence-electron chi connectivity index (χ4n) is 2.17. The van der Waals surface area contributed by atoms with Crippen LogP contribution in [0.4, 0.5) is 0 Å². The molecule has 1 aromatic rings. The van der Waals surface area contributed by atoms with Gasteiger partial charge in [-0.1, -0.05) is 12.1 Å². The standard InChI is InChI=1S/C15H23NO4S/c1-12(7-10-21(2,17)18)16-11-13-5-3-6-14-15(13)20-9-4-8-19-14/h3,5-6,12,16H,4,7-11H2,1-2H3. The van der Waals surface area contributed by atoms with E-state index in [-0.39, 0.29) is 11.8 Å². The number of nitrogens with one attached hydrogen (secondary N) is 1. The number of fused-ring (bicyclic) bond motifs is 1. The van der Waals surface area contributed by atoms with E-state index >= 15 is 0 Å². The van der Waals surface area contributed by atoms with Crippen LogP contribution in [0.3, 0.4) is 0 Å². The third kappa shape index (κ3) is 5.21. The van der Waals surface area contributed by atoms with Crippen LogP contribution in [-0.2, 0) is 16.4 Å². The van der Waals surface area contributed by atoms with Crippen LogP contribution >= 0.6 is 0 Å². The van der Waals surface area contributed by atoms with Gasteiger partial charge in [0.25, 0.3) is 0 Å². The first-order valence-electron chi connectivity index (χ1n) is 7.24. The van der Waals surface area contributed by atoms with Crippen molar-refractivity contribution < 1.29 is 17.9 Å². The molecule has 1 atom stereocenters. The second-order valence-electron chi connectivity index (χ2n) is 5.50. The number of hydrogen-bond acceptors (Lipinski definition) is 5. The van der Waals surface area contributed by atoms with Crippen molar-refractivity contribution >= 4 is 9.84 Å². The number of hydrogen-bond donors (Lipinski definition) is 1. The van der Waals surface area contributed by atoms with Crippen LogP contribution in [0.25, 0.3) is 0 Å². The lowest BCUT2D eigenvalue weighted by molar-refractivity contribution is 0.295. The topological polar surface area (TPSA) is 64.6 Å². The third-order valence-electron chi connectivity index (χ3n) is 3.42. The molecule has 5 nitrogen and oxygen atoms in total. The van der Waals surface area contributed by atoms with Crippen LogP contribution in [0, 0.1) is 0 Å². The minimum Gasteiger partial charge on any atom is -0.490 e. The summed E-state index contributed by atoms with van der Waals surface area (Å²) in [5, 5.41) is 3.34. The Labute approximate surface area is 126 Å². The van der Waals surface area contributed by atoms with Gasteiger partial charge in [0.2, 0.25) is 0 Å². The highest BCUT2D eigenvalue weighted by atomic mass is 32.2. The minimum absolute atomic E-state index is 0.127. The molecule has 1 heterocycles. The molecule has 0 radical (unpaired) electrons. The maximum Gasteiger partial charge on any atom is 0.165 e. The molecule has 0 bridgehead atoms. The van der Waals surface area contributed by atoms with E-state index in [9.17, 15) is 8.42 Å². The van der Waals surface area contributed by atoms with Gasteiger partial charge in [-0.2, -0.15) is 0 Å². The highest BCUT2D eigenvalue weighted by molar-refractivity contribution is 7.90. The molecule has 0 saturated heterocycles. The van der Waals surface area contributed by atoms with E-state index in [2.05, 4.69) is 5.32 Å². The van der Waals surface area contributed by atoms with Crippen molar-refractivity contribution in [2.45, 2.75) is 32.4 Å². The van der Waals surface area contributed by atoms with Crippen LogP contribution in [0.5, 0.6) is 11.5 Å². The van der Waals surface area contributed by atoms with Gasteiger partial charge in [0, 0.05) is 30.8 Å². The molecule has 1 aromatic carbocycles. The molecule has 0 aromatic heterocycles. The minimum atomic E-state index is -2.91. The summed E-state index contributed by atoms with van der Waals surface area (Å²) in [6.07, 6.45) is 2.75. The number of rotatable bonds is 6. The molecule has 0 amide bonds. The molecule has 1 aliphatic rings. The molecule has 0 saturated carbocycles. The number of para-hydroxylation sites is 1.